The second kappa shape index (κ2) is 11.5. The summed E-state index contributed by atoms with van der Waals surface area (Å²) >= 11 is 2.13. The Morgan fingerprint density at radius 3 is 2.65 bits per heavy atom. The number of nitrogens with zero attached hydrogens (tertiary/aromatic N) is 7. The van der Waals surface area contributed by atoms with Gasteiger partial charge in [0.2, 0.25) is 17.6 Å². The first-order chi connectivity index (χ1) is 19.3. The molecule has 2 atom stereocenters. The molecule has 0 aliphatic carbocycles. The normalized spacial score (nSPS) is 16.1. The monoisotopic (exact) mass is 645 g/mol. The van der Waals surface area contributed by atoms with Gasteiger partial charge in [-0.3, -0.25) is 19.1 Å². The van der Waals surface area contributed by atoms with E-state index in [1.807, 2.05) is 6.07 Å². The fraction of sp³-hybridized carbons (Fsp3) is 0.185. The molecule has 0 bridgehead atoms. The maximum Gasteiger partial charge on any atom is 0.269 e. The molecule has 0 radical (unpaired) electrons. The van der Waals surface area contributed by atoms with E-state index in [4.69, 9.17) is 11.0 Å². The molecule has 0 unspecified atom stereocenters. The fourth-order valence-corrected chi connectivity index (χ4v) is 5.45. The van der Waals surface area contributed by atoms with Crippen molar-refractivity contribution in [3.63, 3.8) is 0 Å². The lowest BCUT2D eigenvalue weighted by molar-refractivity contribution is -0.137. The van der Waals surface area contributed by atoms with Gasteiger partial charge in [-0.15, -0.1) is 0 Å². The summed E-state index contributed by atoms with van der Waals surface area (Å²) in [6, 6.07) is 12.7. The molecule has 4 aromatic rings. The van der Waals surface area contributed by atoms with Gasteiger partial charge >= 0.3 is 0 Å². The van der Waals surface area contributed by atoms with Crippen molar-refractivity contribution in [2.24, 2.45) is 5.73 Å². The Hall–Kier alpha value is -4.89. The Balaban J connectivity index is 1.39. The molecule has 0 saturated carbocycles. The first kappa shape index (κ1) is 26.7. The van der Waals surface area contributed by atoms with Gasteiger partial charge in [0.15, 0.2) is 5.69 Å². The number of hydrogen-bond donors (Lipinski definition) is 2. The first-order valence-corrected chi connectivity index (χ1v) is 13.3. The van der Waals surface area contributed by atoms with Crippen LogP contribution < -0.4 is 11.1 Å². The lowest BCUT2D eigenvalue weighted by Crippen LogP contribution is -2.46. The van der Waals surface area contributed by atoms with E-state index < -0.39 is 17.9 Å². The number of anilines is 1. The highest BCUT2D eigenvalue weighted by Crippen LogP contribution is 2.30. The van der Waals surface area contributed by atoms with E-state index in [9.17, 15) is 14.4 Å². The number of nitrogens with two attached hydrogens (primary N) is 1. The average Bonchev–Trinajstić information content (AvgIpc) is 3.53. The van der Waals surface area contributed by atoms with E-state index in [1.165, 1.54) is 15.6 Å². The molecule has 1 saturated heterocycles. The van der Waals surface area contributed by atoms with Crippen molar-refractivity contribution in [1.82, 2.24) is 29.6 Å². The summed E-state index contributed by atoms with van der Waals surface area (Å²) in [5.74, 6) is 4.91. The lowest BCUT2D eigenvalue weighted by atomic mass is 10.1. The van der Waals surface area contributed by atoms with Crippen LogP contribution >= 0.6 is 22.6 Å². The smallest absolute Gasteiger partial charge is 0.269 e. The van der Waals surface area contributed by atoms with Crippen molar-refractivity contribution in [2.75, 3.05) is 5.32 Å². The number of halogens is 1. The number of carbonyl (C=O) groups excluding carboxylic acids is 3. The first-order valence-electron chi connectivity index (χ1n) is 12.1. The third kappa shape index (κ3) is 5.60. The van der Waals surface area contributed by atoms with Gasteiger partial charge in [-0.25, -0.2) is 15.0 Å². The molecular weight excluding hydrogens is 625 g/mol. The zero-order valence-corrected chi connectivity index (χ0v) is 22.9. The average molecular weight is 645 g/mol. The van der Waals surface area contributed by atoms with Crippen molar-refractivity contribution >= 4 is 57.0 Å². The minimum atomic E-state index is -0.745. The van der Waals surface area contributed by atoms with E-state index in [2.05, 4.69) is 59.8 Å². The Morgan fingerprint density at radius 1 is 1.10 bits per heavy atom. The Morgan fingerprint density at radius 2 is 1.90 bits per heavy atom. The van der Waals surface area contributed by atoms with Crippen molar-refractivity contribution in [2.45, 2.75) is 29.5 Å². The highest BCUT2D eigenvalue weighted by molar-refractivity contribution is 14.1. The number of benzene rings is 1. The Labute approximate surface area is 241 Å². The molecule has 5 rings (SSSR count). The van der Waals surface area contributed by atoms with E-state index in [1.54, 1.807) is 48.8 Å². The summed E-state index contributed by atoms with van der Waals surface area (Å²) in [5, 5.41) is 16.5. The molecule has 12 nitrogen and oxygen atoms in total. The van der Waals surface area contributed by atoms with Gasteiger partial charge in [0.05, 0.1) is 9.57 Å². The number of hydrogen-bond acceptors (Lipinski definition) is 8. The van der Waals surface area contributed by atoms with Crippen molar-refractivity contribution in [1.29, 1.82) is 5.26 Å². The Bertz CT molecular complexity index is 1740. The number of fused-ring (bicyclic) bond motifs is 1. The van der Waals surface area contributed by atoms with E-state index in [0.717, 1.165) is 0 Å². The lowest BCUT2D eigenvalue weighted by Gasteiger charge is -2.27. The van der Waals surface area contributed by atoms with Crippen LogP contribution in [-0.4, -0.2) is 57.4 Å². The molecule has 3 aromatic heterocycles. The van der Waals surface area contributed by atoms with E-state index in [0.29, 0.717) is 35.1 Å². The number of carbonyl (C=O) groups is 3. The molecular formula is C27H20IN9O3. The molecule has 3 N–H and O–H groups in total. The fourth-order valence-electron chi connectivity index (χ4n) is 4.39. The number of nitriles is 1. The number of pyridine rings is 1. The highest BCUT2D eigenvalue weighted by atomic mass is 127. The van der Waals surface area contributed by atoms with Crippen LogP contribution in [0.1, 0.15) is 40.4 Å². The molecule has 0 spiro atoms. The molecule has 1 aromatic carbocycles. The van der Waals surface area contributed by atoms with Gasteiger partial charge in [-0.05, 0) is 55.2 Å². The van der Waals surface area contributed by atoms with Crippen LogP contribution in [0.3, 0.4) is 0 Å². The molecule has 40 heavy (non-hydrogen) atoms. The van der Waals surface area contributed by atoms with Crippen LogP contribution in [0, 0.1) is 23.2 Å². The van der Waals surface area contributed by atoms with Gasteiger partial charge in [-0.1, -0.05) is 34.6 Å². The quantitative estimate of drug-likeness (QED) is 0.144. The maximum absolute atomic E-state index is 13.5. The molecule has 1 fully saturated rings. The summed E-state index contributed by atoms with van der Waals surface area (Å²) in [6.45, 7) is -0.210. The van der Waals surface area contributed by atoms with E-state index >= 15 is 0 Å². The van der Waals surface area contributed by atoms with Crippen molar-refractivity contribution in [3.05, 3.63) is 77.6 Å². The number of aromatic nitrogens is 5. The number of alkyl halides is 1. The second-order valence-electron chi connectivity index (χ2n) is 8.76. The number of amides is 3. The van der Waals surface area contributed by atoms with Crippen LogP contribution in [0.25, 0.3) is 10.9 Å². The summed E-state index contributed by atoms with van der Waals surface area (Å²) in [5.41, 5.74) is 6.88. The molecule has 1 aliphatic rings. The number of rotatable bonds is 5. The molecule has 4 heterocycles. The van der Waals surface area contributed by atoms with Crippen LogP contribution in [-0.2, 0) is 16.1 Å². The minimum Gasteiger partial charge on any atom is -0.364 e. The van der Waals surface area contributed by atoms with E-state index in [-0.39, 0.29) is 33.7 Å². The van der Waals surface area contributed by atoms with Crippen LogP contribution in [0.2, 0.25) is 0 Å². The predicted octanol–water partition coefficient (Wildman–Crippen LogP) is 1.98. The zero-order chi connectivity index (χ0) is 28.2. The van der Waals surface area contributed by atoms with Gasteiger partial charge in [-0.2, -0.15) is 10.4 Å². The largest absolute Gasteiger partial charge is 0.364 e. The van der Waals surface area contributed by atoms with Crippen LogP contribution in [0.15, 0.2) is 54.9 Å². The number of nitrogens with one attached hydrogen (secondary N) is 1. The summed E-state index contributed by atoms with van der Waals surface area (Å²) in [7, 11) is 0. The number of likely N-dealkylation sites (tertiary alicyclic amines) is 1. The molecule has 198 valence electrons. The summed E-state index contributed by atoms with van der Waals surface area (Å²) < 4.78 is 1.18. The van der Waals surface area contributed by atoms with Gasteiger partial charge in [0, 0.05) is 23.3 Å². The Kier molecular flexibility index (Phi) is 7.65. The SMILES string of the molecule is N#Cc1cccc(NC(=O)[C@@H]2CC[C@@H](I)N2C(=O)Cn2nc(C(N)=O)c3cc(C#Cc4ncccn4)ccc32)n1. The van der Waals surface area contributed by atoms with Crippen molar-refractivity contribution in [3.8, 4) is 17.9 Å². The predicted molar refractivity (Wildman–Crippen MR) is 152 cm³/mol. The second-order valence-corrected chi connectivity index (χ2v) is 10.2. The molecule has 1 aliphatic heterocycles. The van der Waals surface area contributed by atoms with Crippen molar-refractivity contribution < 1.29 is 14.4 Å². The molecule has 3 amide bonds. The van der Waals surface area contributed by atoms with Gasteiger partial charge < -0.3 is 16.0 Å². The summed E-state index contributed by atoms with van der Waals surface area (Å²) in [6.07, 6.45) is 4.26. The summed E-state index contributed by atoms with van der Waals surface area (Å²) in [4.78, 5) is 52.5. The minimum absolute atomic E-state index is 0.00704. The van der Waals surface area contributed by atoms with Gasteiger partial charge in [0.25, 0.3) is 5.91 Å². The third-order valence-electron chi connectivity index (χ3n) is 6.17. The maximum atomic E-state index is 13.5. The highest BCUT2D eigenvalue weighted by Gasteiger charge is 2.40. The van der Waals surface area contributed by atoms with Crippen LogP contribution in [0.5, 0.6) is 0 Å². The third-order valence-corrected chi connectivity index (χ3v) is 7.40. The standard InChI is InChI=1S/C27H20IN9O3/c28-21-9-8-20(27(40)34-23-4-1-3-17(14-29)33-23)37(21)24(38)15-36-19-7-5-16(6-10-22-31-11-2-12-32-22)13-18(19)25(35-36)26(30)39/h1-5,7,11-13,20-21H,8-9,15H2,(H2,30,39)(H,33,34,40)/t20-,21-/m0/s1. The number of primary amides is 1. The zero-order valence-electron chi connectivity index (χ0n) is 20.8. The van der Waals surface area contributed by atoms with Gasteiger partial charge in [0.1, 0.15) is 30.2 Å². The van der Waals surface area contributed by atoms with Crippen LogP contribution in [0.4, 0.5) is 5.82 Å². The topological polar surface area (TPSA) is 173 Å². The molecule has 13 heteroatoms.